The monoisotopic (exact) mass is 396 g/mol. The van der Waals surface area contributed by atoms with Crippen molar-refractivity contribution >= 4 is 21.9 Å². The van der Waals surface area contributed by atoms with Gasteiger partial charge in [0, 0.05) is 33.2 Å². The zero-order valence-electron chi connectivity index (χ0n) is 14.4. The fourth-order valence-corrected chi connectivity index (χ4v) is 4.31. The van der Waals surface area contributed by atoms with Crippen LogP contribution in [0.5, 0.6) is 0 Å². The molecule has 0 radical (unpaired) electrons. The minimum Gasteiger partial charge on any atom is -0.478 e. The van der Waals surface area contributed by atoms with Gasteiger partial charge in [0.25, 0.3) is 5.91 Å². The molecule has 2 aromatic rings. The van der Waals surface area contributed by atoms with Crippen LogP contribution in [0.4, 0.5) is 4.39 Å². The number of aromatic carboxylic acids is 1. The van der Waals surface area contributed by atoms with Crippen molar-refractivity contribution in [3.63, 3.8) is 0 Å². The number of aryl methyl sites for hydroxylation is 1. The Kier molecular flexibility index (Phi) is 4.98. The molecule has 11 heteroatoms. The van der Waals surface area contributed by atoms with Gasteiger partial charge in [-0.25, -0.2) is 17.6 Å². The van der Waals surface area contributed by atoms with Crippen molar-refractivity contribution in [3.05, 3.63) is 47.5 Å². The predicted molar refractivity (Wildman–Crippen MR) is 91.2 cm³/mol. The van der Waals surface area contributed by atoms with E-state index in [0.717, 1.165) is 18.3 Å². The summed E-state index contributed by atoms with van der Waals surface area (Å²) in [5.74, 6) is -2.31. The first-order valence-corrected chi connectivity index (χ1v) is 9.46. The van der Waals surface area contributed by atoms with Crippen LogP contribution < -0.4 is 0 Å². The number of hydrogen-bond donors (Lipinski definition) is 1. The molecule has 1 N–H and O–H groups in total. The lowest BCUT2D eigenvalue weighted by Crippen LogP contribution is -2.51. The molecule has 0 atom stereocenters. The third-order valence-corrected chi connectivity index (χ3v) is 6.26. The summed E-state index contributed by atoms with van der Waals surface area (Å²) in [5.41, 5.74) is -0.263. The summed E-state index contributed by atoms with van der Waals surface area (Å²) in [6.45, 7) is 0.296. The summed E-state index contributed by atoms with van der Waals surface area (Å²) in [5, 5.41) is 13.0. The fraction of sp³-hybridized carbons (Fsp3) is 0.312. The van der Waals surface area contributed by atoms with Crippen LogP contribution >= 0.6 is 0 Å². The van der Waals surface area contributed by atoms with Gasteiger partial charge in [-0.3, -0.25) is 9.48 Å². The minimum absolute atomic E-state index is 0.0246. The number of carbonyl (C=O) groups is 2. The van der Waals surface area contributed by atoms with Crippen molar-refractivity contribution in [2.24, 2.45) is 7.05 Å². The lowest BCUT2D eigenvalue weighted by atomic mass is 10.2. The van der Waals surface area contributed by atoms with Crippen LogP contribution in [-0.4, -0.2) is 70.6 Å². The summed E-state index contributed by atoms with van der Waals surface area (Å²) in [6.07, 6.45) is 1.10. The van der Waals surface area contributed by atoms with Crippen molar-refractivity contribution < 1.29 is 27.5 Å². The zero-order valence-corrected chi connectivity index (χ0v) is 15.2. The Balaban J connectivity index is 1.74. The molecule has 0 saturated carbocycles. The normalized spacial score (nSPS) is 15.7. The van der Waals surface area contributed by atoms with E-state index in [1.54, 1.807) is 0 Å². The Labute approximate surface area is 154 Å². The second-order valence-corrected chi connectivity index (χ2v) is 7.92. The molecular formula is C16H17FN4O5S. The number of carboxylic acid groups (broad SMARTS) is 1. The molecule has 1 fully saturated rings. The van der Waals surface area contributed by atoms with Gasteiger partial charge in [-0.2, -0.15) is 9.40 Å². The molecule has 0 unspecified atom stereocenters. The first kappa shape index (κ1) is 19.0. The van der Waals surface area contributed by atoms with Crippen LogP contribution in [0.3, 0.4) is 0 Å². The Morgan fingerprint density at radius 2 is 1.70 bits per heavy atom. The van der Waals surface area contributed by atoms with Crippen LogP contribution in [0.1, 0.15) is 20.8 Å². The van der Waals surface area contributed by atoms with Gasteiger partial charge in [0.05, 0.1) is 11.1 Å². The highest BCUT2D eigenvalue weighted by Crippen LogP contribution is 2.19. The van der Waals surface area contributed by atoms with Gasteiger partial charge in [-0.15, -0.1) is 0 Å². The summed E-state index contributed by atoms with van der Waals surface area (Å²) in [4.78, 5) is 25.3. The first-order chi connectivity index (χ1) is 12.7. The number of benzene rings is 1. The van der Waals surface area contributed by atoms with E-state index < -0.39 is 27.7 Å². The van der Waals surface area contributed by atoms with Crippen LogP contribution in [0.2, 0.25) is 0 Å². The van der Waals surface area contributed by atoms with Gasteiger partial charge in [0.15, 0.2) is 0 Å². The van der Waals surface area contributed by atoms with Crippen LogP contribution in [0.15, 0.2) is 35.4 Å². The van der Waals surface area contributed by atoms with E-state index in [4.69, 9.17) is 0 Å². The van der Waals surface area contributed by atoms with E-state index in [1.807, 2.05) is 0 Å². The Morgan fingerprint density at radius 1 is 1.11 bits per heavy atom. The smallest absolute Gasteiger partial charge is 0.339 e. The first-order valence-electron chi connectivity index (χ1n) is 8.02. The molecule has 3 rings (SSSR count). The fourth-order valence-electron chi connectivity index (χ4n) is 2.88. The summed E-state index contributed by atoms with van der Waals surface area (Å²) in [6, 6.07) is 4.53. The van der Waals surface area contributed by atoms with E-state index in [1.165, 1.54) is 33.1 Å². The molecule has 27 heavy (non-hydrogen) atoms. The van der Waals surface area contributed by atoms with Crippen molar-refractivity contribution in [3.8, 4) is 0 Å². The molecule has 0 spiro atoms. The number of aromatic nitrogens is 2. The van der Waals surface area contributed by atoms with Gasteiger partial charge >= 0.3 is 5.97 Å². The van der Waals surface area contributed by atoms with Crippen molar-refractivity contribution in [1.82, 2.24) is 19.0 Å². The molecule has 9 nitrogen and oxygen atoms in total. The van der Waals surface area contributed by atoms with Gasteiger partial charge in [-0.05, 0) is 24.3 Å². The van der Waals surface area contributed by atoms with Gasteiger partial charge in [-0.1, -0.05) is 0 Å². The molecule has 0 aliphatic carbocycles. The second kappa shape index (κ2) is 7.08. The summed E-state index contributed by atoms with van der Waals surface area (Å²) >= 11 is 0. The zero-order chi connectivity index (χ0) is 19.8. The number of sulfonamides is 1. The van der Waals surface area contributed by atoms with Gasteiger partial charge in [0.2, 0.25) is 10.0 Å². The van der Waals surface area contributed by atoms with E-state index in [0.29, 0.717) is 0 Å². The largest absolute Gasteiger partial charge is 0.478 e. The number of amides is 1. The van der Waals surface area contributed by atoms with E-state index in [-0.39, 0.29) is 42.3 Å². The third-order valence-electron chi connectivity index (χ3n) is 4.35. The summed E-state index contributed by atoms with van der Waals surface area (Å²) < 4.78 is 40.6. The third kappa shape index (κ3) is 3.55. The molecule has 1 aromatic heterocycles. The predicted octanol–water partition coefficient (Wildman–Crippen LogP) is 0.404. The highest BCUT2D eigenvalue weighted by molar-refractivity contribution is 7.89. The second-order valence-electron chi connectivity index (χ2n) is 5.99. The minimum atomic E-state index is -3.79. The SMILES string of the molecule is Cn1ncc(C(=O)O)c1C(=O)N1CCN(S(=O)(=O)c2ccc(F)cc2)CC1. The van der Waals surface area contributed by atoms with Crippen molar-refractivity contribution in [2.75, 3.05) is 26.2 Å². The molecule has 1 aliphatic heterocycles. The maximum Gasteiger partial charge on any atom is 0.339 e. The van der Waals surface area contributed by atoms with Crippen molar-refractivity contribution in [1.29, 1.82) is 0 Å². The van der Waals surface area contributed by atoms with Crippen LogP contribution in [0, 0.1) is 5.82 Å². The van der Waals surface area contributed by atoms with E-state index in [9.17, 15) is 27.5 Å². The highest BCUT2D eigenvalue weighted by Gasteiger charge is 2.32. The number of piperazine rings is 1. The molecule has 2 heterocycles. The molecule has 1 saturated heterocycles. The maximum absolute atomic E-state index is 13.0. The Hall–Kier alpha value is -2.79. The van der Waals surface area contributed by atoms with Gasteiger partial charge < -0.3 is 10.0 Å². The number of carbonyl (C=O) groups excluding carboxylic acids is 1. The lowest BCUT2D eigenvalue weighted by Gasteiger charge is -2.34. The number of halogens is 1. The quantitative estimate of drug-likeness (QED) is 0.801. The molecule has 1 aromatic carbocycles. The number of carboxylic acids is 1. The van der Waals surface area contributed by atoms with Crippen molar-refractivity contribution in [2.45, 2.75) is 4.90 Å². The molecule has 0 bridgehead atoms. The maximum atomic E-state index is 13.0. The summed E-state index contributed by atoms with van der Waals surface area (Å²) in [7, 11) is -2.33. The number of hydrogen-bond acceptors (Lipinski definition) is 5. The Morgan fingerprint density at radius 3 is 2.26 bits per heavy atom. The standard InChI is InChI=1S/C16H17FN4O5S/c1-19-14(13(10-18-19)16(23)24)15(22)20-6-8-21(9-7-20)27(25,26)12-4-2-11(17)3-5-12/h2-5,10H,6-9H2,1H3,(H,23,24). The molecule has 144 valence electrons. The lowest BCUT2D eigenvalue weighted by molar-refractivity contribution is 0.0649. The van der Waals surface area contributed by atoms with Gasteiger partial charge in [0.1, 0.15) is 17.1 Å². The number of nitrogens with zero attached hydrogens (tertiary/aromatic N) is 4. The molecular weight excluding hydrogens is 379 g/mol. The van der Waals surface area contributed by atoms with Crippen LogP contribution in [-0.2, 0) is 17.1 Å². The van der Waals surface area contributed by atoms with Crippen LogP contribution in [0.25, 0.3) is 0 Å². The average Bonchev–Trinajstić information content (AvgIpc) is 3.03. The molecule has 1 aliphatic rings. The van der Waals surface area contributed by atoms with E-state index >= 15 is 0 Å². The number of rotatable bonds is 4. The Bertz CT molecular complexity index is 979. The average molecular weight is 396 g/mol. The topological polar surface area (TPSA) is 113 Å². The molecule has 1 amide bonds. The highest BCUT2D eigenvalue weighted by atomic mass is 32.2. The van der Waals surface area contributed by atoms with E-state index in [2.05, 4.69) is 5.10 Å².